The third-order valence-electron chi connectivity index (χ3n) is 2.13. The summed E-state index contributed by atoms with van der Waals surface area (Å²) >= 11 is 0. The molecule has 0 aliphatic carbocycles. The number of nitrogen functional groups attached to an aromatic ring is 1. The van der Waals surface area contributed by atoms with E-state index in [0.717, 1.165) is 18.7 Å². The van der Waals surface area contributed by atoms with Gasteiger partial charge in [-0.2, -0.15) is 0 Å². The number of pyridine rings is 1. The van der Waals surface area contributed by atoms with Crippen LogP contribution < -0.4 is 11.1 Å². The van der Waals surface area contributed by atoms with Crippen LogP contribution >= 0.6 is 0 Å². The van der Waals surface area contributed by atoms with E-state index in [4.69, 9.17) is 10.5 Å². The molecule has 84 valence electrons. The number of anilines is 2. The van der Waals surface area contributed by atoms with Gasteiger partial charge in [0.25, 0.3) is 0 Å². The topological polar surface area (TPSA) is 60.2 Å². The fraction of sp³-hybridized carbons (Fsp3) is 0.545. The molecule has 1 unspecified atom stereocenters. The molecule has 0 aromatic carbocycles. The molecule has 0 spiro atoms. The van der Waals surface area contributed by atoms with E-state index in [0.29, 0.717) is 18.5 Å². The fourth-order valence-corrected chi connectivity index (χ4v) is 1.49. The molecule has 0 saturated heterocycles. The van der Waals surface area contributed by atoms with Crippen LogP contribution in [-0.2, 0) is 4.74 Å². The van der Waals surface area contributed by atoms with Crippen LogP contribution in [0.2, 0.25) is 0 Å². The van der Waals surface area contributed by atoms with Crippen molar-refractivity contribution in [1.29, 1.82) is 0 Å². The lowest BCUT2D eigenvalue weighted by Gasteiger charge is -2.17. The van der Waals surface area contributed by atoms with Gasteiger partial charge in [-0.15, -0.1) is 0 Å². The molecule has 0 bridgehead atoms. The lowest BCUT2D eigenvalue weighted by atomic mass is 10.2. The number of rotatable bonds is 6. The molecule has 1 rings (SSSR count). The first-order valence-electron chi connectivity index (χ1n) is 5.24. The van der Waals surface area contributed by atoms with Gasteiger partial charge in [0.1, 0.15) is 11.6 Å². The van der Waals surface area contributed by atoms with Gasteiger partial charge < -0.3 is 15.8 Å². The van der Waals surface area contributed by atoms with Crippen molar-refractivity contribution in [1.82, 2.24) is 4.98 Å². The molecular weight excluding hydrogens is 190 g/mol. The average molecular weight is 209 g/mol. The molecule has 1 aromatic rings. The largest absolute Gasteiger partial charge is 0.384 e. The molecule has 1 atom stereocenters. The molecule has 4 heteroatoms. The van der Waals surface area contributed by atoms with E-state index in [1.165, 1.54) is 0 Å². The van der Waals surface area contributed by atoms with Crippen molar-refractivity contribution in [2.24, 2.45) is 0 Å². The molecular formula is C11H19N3O. The molecule has 0 radical (unpaired) electrons. The number of nitrogens with two attached hydrogens (primary N) is 1. The number of hydrogen-bond donors (Lipinski definition) is 2. The maximum absolute atomic E-state index is 5.60. The Kier molecular flexibility index (Phi) is 4.90. The van der Waals surface area contributed by atoms with Gasteiger partial charge in [0, 0.05) is 7.11 Å². The summed E-state index contributed by atoms with van der Waals surface area (Å²) in [6.45, 7) is 2.83. The highest BCUT2D eigenvalue weighted by atomic mass is 16.5. The van der Waals surface area contributed by atoms with Crippen LogP contribution in [0.25, 0.3) is 0 Å². The van der Waals surface area contributed by atoms with Crippen molar-refractivity contribution in [3.8, 4) is 0 Å². The minimum absolute atomic E-state index is 0.300. The van der Waals surface area contributed by atoms with Crippen molar-refractivity contribution < 1.29 is 4.74 Å². The number of hydrogen-bond acceptors (Lipinski definition) is 4. The Bertz CT molecular complexity index is 285. The van der Waals surface area contributed by atoms with Gasteiger partial charge in [0.05, 0.1) is 12.6 Å². The highest BCUT2D eigenvalue weighted by Gasteiger charge is 2.07. The molecule has 0 fully saturated rings. The van der Waals surface area contributed by atoms with Crippen LogP contribution in [0.1, 0.15) is 19.8 Å². The number of methoxy groups -OCH3 is 1. The minimum Gasteiger partial charge on any atom is -0.384 e. The summed E-state index contributed by atoms with van der Waals surface area (Å²) in [7, 11) is 1.71. The second-order valence-electron chi connectivity index (χ2n) is 3.53. The van der Waals surface area contributed by atoms with E-state index in [1.807, 2.05) is 12.1 Å². The minimum atomic E-state index is 0.300. The summed E-state index contributed by atoms with van der Waals surface area (Å²) in [6.07, 6.45) is 2.17. The Morgan fingerprint density at radius 3 is 2.93 bits per heavy atom. The summed E-state index contributed by atoms with van der Waals surface area (Å²) in [5.41, 5.74) is 5.60. The Morgan fingerprint density at radius 1 is 1.53 bits per heavy atom. The fourth-order valence-electron chi connectivity index (χ4n) is 1.49. The summed E-state index contributed by atoms with van der Waals surface area (Å²) in [5.74, 6) is 1.35. The lowest BCUT2D eigenvalue weighted by Crippen LogP contribution is -2.25. The number of nitrogens with one attached hydrogen (secondary N) is 1. The predicted molar refractivity (Wildman–Crippen MR) is 62.8 cm³/mol. The molecule has 4 nitrogen and oxygen atoms in total. The Hall–Kier alpha value is -1.29. The maximum Gasteiger partial charge on any atom is 0.128 e. The van der Waals surface area contributed by atoms with E-state index >= 15 is 0 Å². The Morgan fingerprint density at radius 2 is 2.33 bits per heavy atom. The van der Waals surface area contributed by atoms with Gasteiger partial charge >= 0.3 is 0 Å². The zero-order valence-electron chi connectivity index (χ0n) is 9.36. The molecule has 15 heavy (non-hydrogen) atoms. The molecule has 1 aromatic heterocycles. The molecule has 0 amide bonds. The van der Waals surface area contributed by atoms with Crippen molar-refractivity contribution >= 4 is 11.6 Å². The number of nitrogens with zero attached hydrogens (tertiary/aromatic N) is 1. The van der Waals surface area contributed by atoms with Crippen LogP contribution in [-0.4, -0.2) is 24.7 Å². The lowest BCUT2D eigenvalue weighted by molar-refractivity contribution is 0.182. The summed E-state index contributed by atoms with van der Waals surface area (Å²) in [5, 5.41) is 3.31. The first kappa shape index (κ1) is 11.8. The van der Waals surface area contributed by atoms with E-state index in [9.17, 15) is 0 Å². The summed E-state index contributed by atoms with van der Waals surface area (Å²) in [4.78, 5) is 4.19. The van der Waals surface area contributed by atoms with Crippen LogP contribution in [0.4, 0.5) is 11.6 Å². The molecule has 0 aliphatic rings. The molecule has 3 N–H and O–H groups in total. The van der Waals surface area contributed by atoms with Gasteiger partial charge in [-0.3, -0.25) is 0 Å². The Labute approximate surface area is 90.8 Å². The summed E-state index contributed by atoms with van der Waals surface area (Å²) < 4.78 is 5.14. The third-order valence-corrected chi connectivity index (χ3v) is 2.13. The highest BCUT2D eigenvalue weighted by Crippen LogP contribution is 2.10. The molecule has 0 saturated carbocycles. The standard InChI is InChI=1S/C11H19N3O/c1-3-5-9(8-15-2)13-11-7-4-6-10(12)14-11/h4,6-7,9H,3,5,8H2,1-2H3,(H3,12,13,14). The molecule has 1 heterocycles. The maximum atomic E-state index is 5.60. The third kappa shape index (κ3) is 4.16. The van der Waals surface area contributed by atoms with Crippen LogP contribution in [0.3, 0.4) is 0 Å². The monoisotopic (exact) mass is 209 g/mol. The van der Waals surface area contributed by atoms with Gasteiger partial charge in [-0.1, -0.05) is 19.4 Å². The van der Waals surface area contributed by atoms with Crippen molar-refractivity contribution in [3.63, 3.8) is 0 Å². The second kappa shape index (κ2) is 6.24. The zero-order chi connectivity index (χ0) is 11.1. The quantitative estimate of drug-likeness (QED) is 0.751. The van der Waals surface area contributed by atoms with E-state index in [1.54, 1.807) is 13.2 Å². The average Bonchev–Trinajstić information content (AvgIpc) is 2.18. The number of ether oxygens (including phenoxy) is 1. The molecule has 0 aliphatic heterocycles. The van der Waals surface area contributed by atoms with E-state index in [-0.39, 0.29) is 0 Å². The van der Waals surface area contributed by atoms with Gasteiger partial charge in [0.15, 0.2) is 0 Å². The summed E-state index contributed by atoms with van der Waals surface area (Å²) in [6, 6.07) is 5.88. The first-order valence-corrected chi connectivity index (χ1v) is 5.24. The van der Waals surface area contributed by atoms with Gasteiger partial charge in [0.2, 0.25) is 0 Å². The SMILES string of the molecule is CCCC(COC)Nc1cccc(N)n1. The predicted octanol–water partition coefficient (Wildman–Crippen LogP) is 1.89. The first-order chi connectivity index (χ1) is 7.26. The number of aromatic nitrogens is 1. The van der Waals surface area contributed by atoms with Gasteiger partial charge in [-0.05, 0) is 18.6 Å². The van der Waals surface area contributed by atoms with E-state index in [2.05, 4.69) is 17.2 Å². The normalized spacial score (nSPS) is 12.4. The van der Waals surface area contributed by atoms with Crippen LogP contribution in [0.15, 0.2) is 18.2 Å². The highest BCUT2D eigenvalue weighted by molar-refractivity contribution is 5.42. The smallest absolute Gasteiger partial charge is 0.128 e. The van der Waals surface area contributed by atoms with Crippen LogP contribution in [0.5, 0.6) is 0 Å². The zero-order valence-corrected chi connectivity index (χ0v) is 9.36. The van der Waals surface area contributed by atoms with Gasteiger partial charge in [-0.25, -0.2) is 4.98 Å². The van der Waals surface area contributed by atoms with E-state index < -0.39 is 0 Å². The Balaban J connectivity index is 2.56. The van der Waals surface area contributed by atoms with Crippen molar-refractivity contribution in [2.75, 3.05) is 24.8 Å². The van der Waals surface area contributed by atoms with Crippen molar-refractivity contribution in [2.45, 2.75) is 25.8 Å². The van der Waals surface area contributed by atoms with Crippen LogP contribution in [0, 0.1) is 0 Å². The van der Waals surface area contributed by atoms with Crippen molar-refractivity contribution in [3.05, 3.63) is 18.2 Å². The second-order valence-corrected chi connectivity index (χ2v) is 3.53.